The van der Waals surface area contributed by atoms with Crippen molar-refractivity contribution < 1.29 is 0 Å². The van der Waals surface area contributed by atoms with Crippen LogP contribution in [0.15, 0.2) is 218 Å². The summed E-state index contributed by atoms with van der Waals surface area (Å²) in [5.74, 6) is 1.79. The lowest BCUT2D eigenvalue weighted by Crippen LogP contribution is -2.06. The van der Waals surface area contributed by atoms with Crippen molar-refractivity contribution in [3.05, 3.63) is 218 Å². The van der Waals surface area contributed by atoms with Gasteiger partial charge in [0.1, 0.15) is 0 Å². The molecular formula is C57H36N4. The molecule has 0 amide bonds. The van der Waals surface area contributed by atoms with Gasteiger partial charge in [0.15, 0.2) is 11.6 Å². The van der Waals surface area contributed by atoms with Crippen molar-refractivity contribution >= 4 is 54.1 Å². The second kappa shape index (κ2) is 14.3. The normalized spacial score (nSPS) is 11.6. The Morgan fingerprint density at radius 3 is 1.49 bits per heavy atom. The van der Waals surface area contributed by atoms with E-state index in [-0.39, 0.29) is 0 Å². The molecule has 0 aliphatic rings. The van der Waals surface area contributed by atoms with Gasteiger partial charge in [-0.25, -0.2) is 4.98 Å². The zero-order chi connectivity index (χ0) is 40.3. The lowest BCUT2D eigenvalue weighted by Gasteiger charge is -2.14. The molecule has 4 nitrogen and oxygen atoms in total. The third kappa shape index (κ3) is 5.80. The van der Waals surface area contributed by atoms with E-state index in [4.69, 9.17) is 15.0 Å². The summed E-state index contributed by atoms with van der Waals surface area (Å²) in [5, 5.41) is 9.56. The minimum absolute atomic E-state index is 0.572. The highest BCUT2D eigenvalue weighted by Crippen LogP contribution is 2.43. The number of hydrogen-bond acceptors (Lipinski definition) is 3. The molecule has 284 valence electrons. The first-order valence-corrected chi connectivity index (χ1v) is 20.7. The molecule has 12 aromatic rings. The molecule has 0 saturated heterocycles. The average molecular weight is 777 g/mol. The molecule has 0 radical (unpaired) electrons. The molecule has 12 rings (SSSR count). The van der Waals surface area contributed by atoms with E-state index in [1.54, 1.807) is 0 Å². The Kier molecular flexibility index (Phi) is 8.13. The van der Waals surface area contributed by atoms with E-state index in [2.05, 4.69) is 217 Å². The average Bonchev–Trinajstić information content (AvgIpc) is 3.70. The monoisotopic (exact) mass is 776 g/mol. The molecule has 61 heavy (non-hydrogen) atoms. The standard InChI is InChI=1S/C57H36N4/c1-3-16-37(17-4-1)42-22-13-23-43(36-42)56-58-55(41-34-32-39(33-35-41)45-30-15-21-40-20-14-29-44(52(40)45)38-18-5-2-6-19-38)59-57(60-56)61-51-31-12-11-28-50(51)53-48-26-9-7-24-46(48)47-25-8-10-27-49(47)54(53)61/h1-36H. The maximum Gasteiger partial charge on any atom is 0.238 e. The van der Waals surface area contributed by atoms with Gasteiger partial charge in [0, 0.05) is 27.3 Å². The highest BCUT2D eigenvalue weighted by Gasteiger charge is 2.22. The molecule has 0 aliphatic heterocycles. The third-order valence-electron chi connectivity index (χ3n) is 12.0. The van der Waals surface area contributed by atoms with Gasteiger partial charge >= 0.3 is 0 Å². The SMILES string of the molecule is c1ccc(-c2cccc(-c3nc(-c4ccc(-c5cccc6cccc(-c7ccccc7)c56)cc4)nc(-n4c5ccccc5c5c6ccccc6c6ccccc6c54)n3)c2)cc1. The van der Waals surface area contributed by atoms with E-state index in [1.165, 1.54) is 49.0 Å². The van der Waals surface area contributed by atoms with Crippen molar-refractivity contribution in [3.8, 4) is 62.1 Å². The van der Waals surface area contributed by atoms with Crippen molar-refractivity contribution in [2.45, 2.75) is 0 Å². The summed E-state index contributed by atoms with van der Waals surface area (Å²) in [6.45, 7) is 0. The zero-order valence-electron chi connectivity index (χ0n) is 33.1. The first-order valence-electron chi connectivity index (χ1n) is 20.7. The van der Waals surface area contributed by atoms with Gasteiger partial charge in [-0.15, -0.1) is 0 Å². The molecule has 0 unspecified atom stereocenters. The van der Waals surface area contributed by atoms with Gasteiger partial charge < -0.3 is 0 Å². The number of para-hydroxylation sites is 1. The van der Waals surface area contributed by atoms with Crippen molar-refractivity contribution in [1.29, 1.82) is 0 Å². The number of fused-ring (bicyclic) bond motifs is 9. The summed E-state index contributed by atoms with van der Waals surface area (Å²) in [6.07, 6.45) is 0. The first-order chi connectivity index (χ1) is 30.3. The number of benzene rings is 10. The van der Waals surface area contributed by atoms with Crippen LogP contribution in [0.1, 0.15) is 0 Å². The summed E-state index contributed by atoms with van der Waals surface area (Å²) in [7, 11) is 0. The topological polar surface area (TPSA) is 43.6 Å². The molecule has 4 heteroatoms. The van der Waals surface area contributed by atoms with Crippen LogP contribution in [0.25, 0.3) is 116 Å². The van der Waals surface area contributed by atoms with Crippen molar-refractivity contribution in [3.63, 3.8) is 0 Å². The predicted molar refractivity (Wildman–Crippen MR) is 254 cm³/mol. The molecule has 0 N–H and O–H groups in total. The van der Waals surface area contributed by atoms with Crippen LogP contribution in [0.5, 0.6) is 0 Å². The Balaban J connectivity index is 1.09. The molecule has 0 spiro atoms. The molecule has 2 aromatic heterocycles. The Bertz CT molecular complexity index is 3620. The van der Waals surface area contributed by atoms with Gasteiger partial charge in [0.25, 0.3) is 0 Å². The number of aromatic nitrogens is 4. The van der Waals surface area contributed by atoms with Crippen molar-refractivity contribution in [1.82, 2.24) is 19.5 Å². The predicted octanol–water partition coefficient (Wildman–Crippen LogP) is 14.8. The Labute approximate surface area is 352 Å². The number of rotatable bonds is 6. The molecule has 0 fully saturated rings. The zero-order valence-corrected chi connectivity index (χ0v) is 33.1. The van der Waals surface area contributed by atoms with Gasteiger partial charge in [0.05, 0.1) is 11.0 Å². The molecule has 2 heterocycles. The number of nitrogens with zero attached hydrogens (tertiary/aromatic N) is 4. The Morgan fingerprint density at radius 2 is 0.787 bits per heavy atom. The fourth-order valence-corrected chi connectivity index (χ4v) is 9.27. The second-order valence-electron chi connectivity index (χ2n) is 15.5. The minimum atomic E-state index is 0.572. The summed E-state index contributed by atoms with van der Waals surface area (Å²) in [4.78, 5) is 16.0. The van der Waals surface area contributed by atoms with Crippen LogP contribution in [-0.2, 0) is 0 Å². The van der Waals surface area contributed by atoms with Crippen molar-refractivity contribution in [2.24, 2.45) is 0 Å². The van der Waals surface area contributed by atoms with Gasteiger partial charge in [0.2, 0.25) is 5.95 Å². The third-order valence-corrected chi connectivity index (χ3v) is 12.0. The molecule has 0 aliphatic carbocycles. The largest absolute Gasteiger partial charge is 0.277 e. The van der Waals surface area contributed by atoms with Crippen LogP contribution < -0.4 is 0 Å². The maximum absolute atomic E-state index is 5.39. The lowest BCUT2D eigenvalue weighted by molar-refractivity contribution is 0.955. The molecule has 0 bridgehead atoms. The highest BCUT2D eigenvalue weighted by molar-refractivity contribution is 6.32. The quantitative estimate of drug-likeness (QED) is 0.158. The van der Waals surface area contributed by atoms with E-state index in [0.717, 1.165) is 49.6 Å². The van der Waals surface area contributed by atoms with Crippen LogP contribution >= 0.6 is 0 Å². The summed E-state index contributed by atoms with van der Waals surface area (Å²) in [6, 6.07) is 77.5. The molecule has 0 atom stereocenters. The smallest absolute Gasteiger partial charge is 0.238 e. The number of hydrogen-bond donors (Lipinski definition) is 0. The van der Waals surface area contributed by atoms with Gasteiger partial charge in [-0.3, -0.25) is 4.57 Å². The van der Waals surface area contributed by atoms with Crippen LogP contribution in [0.2, 0.25) is 0 Å². The molecular weight excluding hydrogens is 741 g/mol. The summed E-state index contributed by atoms with van der Waals surface area (Å²) in [5.41, 5.74) is 10.9. The fourth-order valence-electron chi connectivity index (χ4n) is 9.27. The molecule has 0 saturated carbocycles. The highest BCUT2D eigenvalue weighted by atomic mass is 15.2. The summed E-state index contributed by atoms with van der Waals surface area (Å²) < 4.78 is 2.25. The van der Waals surface area contributed by atoms with Gasteiger partial charge in [-0.05, 0) is 72.4 Å². The van der Waals surface area contributed by atoms with Crippen LogP contribution in [0.4, 0.5) is 0 Å². The second-order valence-corrected chi connectivity index (χ2v) is 15.5. The minimum Gasteiger partial charge on any atom is -0.277 e. The first kappa shape index (κ1) is 34.8. The molecule has 10 aromatic carbocycles. The van der Waals surface area contributed by atoms with E-state index >= 15 is 0 Å². The van der Waals surface area contributed by atoms with Crippen LogP contribution in [-0.4, -0.2) is 19.5 Å². The van der Waals surface area contributed by atoms with Gasteiger partial charge in [-0.2, -0.15) is 9.97 Å². The van der Waals surface area contributed by atoms with E-state index in [0.29, 0.717) is 17.6 Å². The maximum atomic E-state index is 5.39. The Hall–Kier alpha value is -8.21. The van der Waals surface area contributed by atoms with Crippen molar-refractivity contribution in [2.75, 3.05) is 0 Å². The van der Waals surface area contributed by atoms with E-state index in [1.807, 2.05) is 6.07 Å². The summed E-state index contributed by atoms with van der Waals surface area (Å²) >= 11 is 0. The van der Waals surface area contributed by atoms with E-state index in [9.17, 15) is 0 Å². The van der Waals surface area contributed by atoms with Gasteiger partial charge in [-0.1, -0.05) is 206 Å². The van der Waals surface area contributed by atoms with E-state index < -0.39 is 0 Å². The van der Waals surface area contributed by atoms with Crippen LogP contribution in [0, 0.1) is 0 Å². The Morgan fingerprint density at radius 1 is 0.295 bits per heavy atom. The van der Waals surface area contributed by atoms with Crippen LogP contribution in [0.3, 0.4) is 0 Å². The lowest BCUT2D eigenvalue weighted by atomic mass is 9.91. The fraction of sp³-hybridized carbons (Fsp3) is 0.